The minimum absolute atomic E-state index is 0.173. The first-order valence-electron chi connectivity index (χ1n) is 5.70. The summed E-state index contributed by atoms with van der Waals surface area (Å²) < 4.78 is 10.1. The third-order valence-electron chi connectivity index (χ3n) is 2.56. The molecular weight excluding hydrogens is 246 g/mol. The maximum Gasteiger partial charge on any atom is 0.292 e. The average Bonchev–Trinajstić information content (AvgIpc) is 2.97. The normalized spacial score (nSPS) is 9.95. The smallest absolute Gasteiger partial charge is 0.292 e. The molecule has 5 nitrogen and oxygen atoms in total. The molecule has 0 atom stereocenters. The van der Waals surface area contributed by atoms with E-state index in [1.54, 1.807) is 36.4 Å². The molecule has 1 N–H and O–H groups in total. The van der Waals surface area contributed by atoms with E-state index in [0.29, 0.717) is 11.5 Å². The van der Waals surface area contributed by atoms with Gasteiger partial charge in [0.25, 0.3) is 11.7 Å². The van der Waals surface area contributed by atoms with Crippen LogP contribution in [-0.2, 0) is 11.3 Å². The van der Waals surface area contributed by atoms with Gasteiger partial charge < -0.3 is 14.5 Å². The third-order valence-corrected chi connectivity index (χ3v) is 2.56. The fourth-order valence-corrected chi connectivity index (χ4v) is 1.62. The molecule has 19 heavy (non-hydrogen) atoms. The highest BCUT2D eigenvalue weighted by atomic mass is 16.5. The predicted octanol–water partition coefficient (Wildman–Crippen LogP) is 1.79. The van der Waals surface area contributed by atoms with E-state index in [1.165, 1.54) is 13.4 Å². The van der Waals surface area contributed by atoms with Crippen molar-refractivity contribution in [3.05, 3.63) is 54.0 Å². The summed E-state index contributed by atoms with van der Waals surface area (Å²) in [6.45, 7) is 0.173. The highest BCUT2D eigenvalue weighted by Crippen LogP contribution is 2.17. The van der Waals surface area contributed by atoms with Gasteiger partial charge in [0.05, 0.1) is 25.5 Å². The Morgan fingerprint density at radius 1 is 1.21 bits per heavy atom. The van der Waals surface area contributed by atoms with Gasteiger partial charge in [-0.3, -0.25) is 9.59 Å². The molecular formula is C14H13NO4. The molecule has 1 aromatic carbocycles. The van der Waals surface area contributed by atoms with Gasteiger partial charge in [0, 0.05) is 0 Å². The van der Waals surface area contributed by atoms with Crippen LogP contribution >= 0.6 is 0 Å². The first-order valence-corrected chi connectivity index (χ1v) is 5.70. The van der Waals surface area contributed by atoms with E-state index in [-0.39, 0.29) is 12.1 Å². The van der Waals surface area contributed by atoms with Crippen LogP contribution < -0.4 is 10.1 Å². The predicted molar refractivity (Wildman–Crippen MR) is 67.9 cm³/mol. The van der Waals surface area contributed by atoms with Gasteiger partial charge in [-0.15, -0.1) is 0 Å². The summed E-state index contributed by atoms with van der Waals surface area (Å²) in [5, 5.41) is 2.50. The molecule has 98 valence electrons. The van der Waals surface area contributed by atoms with Crippen LogP contribution in [-0.4, -0.2) is 18.8 Å². The molecule has 1 heterocycles. The highest BCUT2D eigenvalue weighted by molar-refractivity contribution is 6.43. The standard InChI is InChI=1S/C14H13NO4/c1-18-12-7-3-2-6-11(12)13(16)14(17)15-9-10-5-4-8-19-10/h2-8H,9H2,1H3,(H,15,17). The van der Waals surface area contributed by atoms with Gasteiger partial charge in [0.2, 0.25) is 0 Å². The summed E-state index contributed by atoms with van der Waals surface area (Å²) >= 11 is 0. The van der Waals surface area contributed by atoms with Crippen molar-refractivity contribution < 1.29 is 18.7 Å². The number of hydrogen-bond donors (Lipinski definition) is 1. The van der Waals surface area contributed by atoms with Gasteiger partial charge >= 0.3 is 0 Å². The van der Waals surface area contributed by atoms with Crippen molar-refractivity contribution in [2.24, 2.45) is 0 Å². The van der Waals surface area contributed by atoms with Gasteiger partial charge in [0.1, 0.15) is 11.5 Å². The number of hydrogen-bond acceptors (Lipinski definition) is 4. The molecule has 0 radical (unpaired) electrons. The van der Waals surface area contributed by atoms with Crippen LogP contribution in [0, 0.1) is 0 Å². The summed E-state index contributed by atoms with van der Waals surface area (Å²) in [5.74, 6) is -0.369. The molecule has 0 aliphatic carbocycles. The Bertz CT molecular complexity index is 575. The third kappa shape index (κ3) is 3.01. The fraction of sp³-hybridized carbons (Fsp3) is 0.143. The number of rotatable bonds is 5. The van der Waals surface area contributed by atoms with E-state index < -0.39 is 11.7 Å². The van der Waals surface area contributed by atoms with Crippen LogP contribution in [0.4, 0.5) is 0 Å². The van der Waals surface area contributed by atoms with Crippen LogP contribution in [0.2, 0.25) is 0 Å². The summed E-state index contributed by atoms with van der Waals surface area (Å²) in [6, 6.07) is 10.0. The zero-order chi connectivity index (χ0) is 13.7. The quantitative estimate of drug-likeness (QED) is 0.656. The number of furan rings is 1. The largest absolute Gasteiger partial charge is 0.496 e. The molecule has 0 unspecified atom stereocenters. The maximum atomic E-state index is 12.0. The lowest BCUT2D eigenvalue weighted by Gasteiger charge is -2.07. The first-order chi connectivity index (χ1) is 9.22. The summed E-state index contributed by atoms with van der Waals surface area (Å²) in [6.07, 6.45) is 1.50. The molecule has 0 spiro atoms. The van der Waals surface area contributed by atoms with Crippen molar-refractivity contribution in [3.8, 4) is 5.75 Å². The van der Waals surface area contributed by atoms with E-state index in [9.17, 15) is 9.59 Å². The van der Waals surface area contributed by atoms with Crippen LogP contribution in [0.3, 0.4) is 0 Å². The molecule has 1 amide bonds. The molecule has 0 aliphatic heterocycles. The number of methoxy groups -OCH3 is 1. The monoisotopic (exact) mass is 259 g/mol. The molecule has 0 bridgehead atoms. The van der Waals surface area contributed by atoms with Crippen molar-refractivity contribution in [2.45, 2.75) is 6.54 Å². The molecule has 1 aromatic heterocycles. The molecule has 0 saturated heterocycles. The molecule has 5 heteroatoms. The number of benzene rings is 1. The number of carbonyl (C=O) groups excluding carboxylic acids is 2. The van der Waals surface area contributed by atoms with Gasteiger partial charge in [-0.05, 0) is 24.3 Å². The number of nitrogens with one attached hydrogen (secondary N) is 1. The topological polar surface area (TPSA) is 68.5 Å². The lowest BCUT2D eigenvalue weighted by atomic mass is 10.1. The van der Waals surface area contributed by atoms with Gasteiger partial charge in [-0.2, -0.15) is 0 Å². The van der Waals surface area contributed by atoms with Crippen molar-refractivity contribution in [3.63, 3.8) is 0 Å². The van der Waals surface area contributed by atoms with Gasteiger partial charge in [-0.25, -0.2) is 0 Å². The Kier molecular flexibility index (Phi) is 3.97. The maximum absolute atomic E-state index is 12.0. The Morgan fingerprint density at radius 2 is 2.00 bits per heavy atom. The van der Waals surface area contributed by atoms with E-state index in [1.807, 2.05) is 0 Å². The zero-order valence-corrected chi connectivity index (χ0v) is 10.4. The number of ketones is 1. The Labute approximate surface area is 110 Å². The molecule has 2 rings (SSSR count). The number of Topliss-reactive ketones (excluding diaryl/α,β-unsaturated/α-hetero) is 1. The van der Waals surface area contributed by atoms with E-state index >= 15 is 0 Å². The molecule has 2 aromatic rings. The van der Waals surface area contributed by atoms with Crippen LogP contribution in [0.1, 0.15) is 16.1 Å². The summed E-state index contributed by atoms with van der Waals surface area (Å²) in [5.41, 5.74) is 0.238. The first kappa shape index (κ1) is 12.9. The lowest BCUT2D eigenvalue weighted by molar-refractivity contribution is -0.117. The van der Waals surface area contributed by atoms with Crippen LogP contribution in [0.25, 0.3) is 0 Å². The Hall–Kier alpha value is -2.56. The van der Waals surface area contributed by atoms with Crippen molar-refractivity contribution in [1.29, 1.82) is 0 Å². The second-order valence-electron chi connectivity index (χ2n) is 3.79. The van der Waals surface area contributed by atoms with Crippen LogP contribution in [0.15, 0.2) is 47.1 Å². The SMILES string of the molecule is COc1ccccc1C(=O)C(=O)NCc1ccco1. The lowest BCUT2D eigenvalue weighted by Crippen LogP contribution is -2.30. The Morgan fingerprint density at radius 3 is 2.68 bits per heavy atom. The van der Waals surface area contributed by atoms with Crippen molar-refractivity contribution in [1.82, 2.24) is 5.32 Å². The Balaban J connectivity index is 2.04. The number of amides is 1. The van der Waals surface area contributed by atoms with Gasteiger partial charge in [0.15, 0.2) is 0 Å². The molecule has 0 aliphatic rings. The van der Waals surface area contributed by atoms with E-state index in [4.69, 9.17) is 9.15 Å². The minimum Gasteiger partial charge on any atom is -0.496 e. The molecule has 0 fully saturated rings. The van der Waals surface area contributed by atoms with E-state index in [0.717, 1.165) is 0 Å². The van der Waals surface area contributed by atoms with Gasteiger partial charge in [-0.1, -0.05) is 12.1 Å². The zero-order valence-electron chi connectivity index (χ0n) is 10.4. The highest BCUT2D eigenvalue weighted by Gasteiger charge is 2.19. The van der Waals surface area contributed by atoms with Crippen molar-refractivity contribution in [2.75, 3.05) is 7.11 Å². The number of ether oxygens (including phenoxy) is 1. The van der Waals surface area contributed by atoms with E-state index in [2.05, 4.69) is 5.32 Å². The fourth-order valence-electron chi connectivity index (χ4n) is 1.62. The second kappa shape index (κ2) is 5.86. The number of para-hydroxylation sites is 1. The average molecular weight is 259 g/mol. The summed E-state index contributed by atoms with van der Waals surface area (Å²) in [4.78, 5) is 23.7. The van der Waals surface area contributed by atoms with Crippen molar-refractivity contribution >= 4 is 11.7 Å². The second-order valence-corrected chi connectivity index (χ2v) is 3.79. The molecule has 0 saturated carbocycles. The number of carbonyl (C=O) groups is 2. The minimum atomic E-state index is -0.694. The van der Waals surface area contributed by atoms with Crippen LogP contribution in [0.5, 0.6) is 5.75 Å². The summed E-state index contributed by atoms with van der Waals surface area (Å²) in [7, 11) is 1.45.